The summed E-state index contributed by atoms with van der Waals surface area (Å²) in [5.41, 5.74) is 7.45. The van der Waals surface area contributed by atoms with E-state index < -0.39 is 0 Å². The van der Waals surface area contributed by atoms with Gasteiger partial charge in [0, 0.05) is 5.92 Å². The van der Waals surface area contributed by atoms with Gasteiger partial charge >= 0.3 is 0 Å². The molecule has 112 valence electrons. The van der Waals surface area contributed by atoms with Crippen molar-refractivity contribution in [3.8, 4) is 0 Å². The highest BCUT2D eigenvalue weighted by molar-refractivity contribution is 9.10. The van der Waals surface area contributed by atoms with E-state index in [9.17, 15) is 0 Å². The largest absolute Gasteiger partial charge is 0.383 e. The molecule has 20 heavy (non-hydrogen) atoms. The van der Waals surface area contributed by atoms with Crippen LogP contribution >= 0.6 is 15.9 Å². The van der Waals surface area contributed by atoms with Crippen LogP contribution in [0.25, 0.3) is 0 Å². The van der Waals surface area contributed by atoms with Gasteiger partial charge in [0.25, 0.3) is 0 Å². The molecule has 0 aliphatic heterocycles. The van der Waals surface area contributed by atoms with Gasteiger partial charge in [-0.05, 0) is 59.4 Å². The average Bonchev–Trinajstić information content (AvgIpc) is 2.41. The summed E-state index contributed by atoms with van der Waals surface area (Å²) in [6.45, 7) is 9.15. The topological polar surface area (TPSA) is 51.8 Å². The quantitative estimate of drug-likeness (QED) is 0.849. The van der Waals surface area contributed by atoms with Gasteiger partial charge in [-0.15, -0.1) is 0 Å². The summed E-state index contributed by atoms with van der Waals surface area (Å²) in [6, 6.07) is 0. The summed E-state index contributed by atoms with van der Waals surface area (Å²) in [7, 11) is 0. The third-order valence-corrected chi connectivity index (χ3v) is 5.48. The summed E-state index contributed by atoms with van der Waals surface area (Å²) in [5, 5.41) is 0. The Balaban J connectivity index is 2.13. The first-order chi connectivity index (χ1) is 9.32. The van der Waals surface area contributed by atoms with E-state index in [1.165, 1.54) is 25.7 Å². The van der Waals surface area contributed by atoms with Gasteiger partial charge in [-0.25, -0.2) is 9.97 Å². The first-order valence-electron chi connectivity index (χ1n) is 7.64. The number of anilines is 1. The van der Waals surface area contributed by atoms with Crippen LogP contribution in [0.1, 0.15) is 70.8 Å². The van der Waals surface area contributed by atoms with Crippen LogP contribution < -0.4 is 5.73 Å². The third kappa shape index (κ3) is 3.33. The molecule has 2 N–H and O–H groups in total. The molecule has 0 bridgehead atoms. The molecule has 0 unspecified atom stereocenters. The number of aromatic nitrogens is 2. The molecule has 1 aliphatic carbocycles. The molecule has 0 radical (unpaired) electrons. The molecule has 0 saturated heterocycles. The second-order valence-corrected chi connectivity index (χ2v) is 7.79. The van der Waals surface area contributed by atoms with E-state index in [0.29, 0.717) is 17.2 Å². The highest BCUT2D eigenvalue weighted by Gasteiger charge is 2.31. The molecule has 4 heteroatoms. The van der Waals surface area contributed by atoms with E-state index in [1.54, 1.807) is 0 Å². The minimum Gasteiger partial charge on any atom is -0.383 e. The van der Waals surface area contributed by atoms with Crippen LogP contribution in [0, 0.1) is 11.3 Å². The van der Waals surface area contributed by atoms with Gasteiger partial charge in [-0.3, -0.25) is 0 Å². The lowest BCUT2D eigenvalue weighted by atomic mass is 9.69. The number of aryl methyl sites for hydroxylation is 1. The number of nitrogens with two attached hydrogens (primary N) is 1. The molecule has 3 nitrogen and oxygen atoms in total. The Bertz CT molecular complexity index is 471. The van der Waals surface area contributed by atoms with Crippen molar-refractivity contribution >= 4 is 21.7 Å². The van der Waals surface area contributed by atoms with Crippen LogP contribution in [-0.2, 0) is 6.42 Å². The Kier molecular flexibility index (Phi) is 4.73. The first-order valence-corrected chi connectivity index (χ1v) is 8.44. The van der Waals surface area contributed by atoms with Crippen LogP contribution in [0.4, 0.5) is 5.82 Å². The molecule has 1 aliphatic rings. The second kappa shape index (κ2) is 6.00. The number of nitrogen functional groups attached to an aromatic ring is 1. The second-order valence-electron chi connectivity index (χ2n) is 7.00. The van der Waals surface area contributed by atoms with E-state index in [2.05, 4.69) is 48.6 Å². The molecule has 0 aromatic carbocycles. The summed E-state index contributed by atoms with van der Waals surface area (Å²) < 4.78 is 0.868. The maximum absolute atomic E-state index is 6.00. The predicted octanol–water partition coefficient (Wildman–Crippen LogP) is 4.70. The van der Waals surface area contributed by atoms with Crippen molar-refractivity contribution in [1.82, 2.24) is 9.97 Å². The Morgan fingerprint density at radius 3 is 2.25 bits per heavy atom. The zero-order valence-electron chi connectivity index (χ0n) is 13.0. The lowest BCUT2D eigenvalue weighted by Crippen LogP contribution is -2.26. The van der Waals surface area contributed by atoms with Gasteiger partial charge in [0.15, 0.2) is 0 Å². The van der Waals surface area contributed by atoms with Gasteiger partial charge in [0.05, 0.1) is 10.2 Å². The Labute approximate surface area is 130 Å². The van der Waals surface area contributed by atoms with Crippen LogP contribution in [0.15, 0.2) is 4.47 Å². The molecule has 0 amide bonds. The minimum absolute atomic E-state index is 0.416. The van der Waals surface area contributed by atoms with E-state index in [4.69, 9.17) is 10.7 Å². The maximum Gasteiger partial charge on any atom is 0.141 e. The zero-order chi connectivity index (χ0) is 14.9. The van der Waals surface area contributed by atoms with E-state index in [0.717, 1.165) is 28.3 Å². The van der Waals surface area contributed by atoms with Crippen molar-refractivity contribution in [3.05, 3.63) is 16.0 Å². The fourth-order valence-corrected chi connectivity index (χ4v) is 3.62. The standard InChI is InChI=1S/C16H26BrN3/c1-5-12-13(17)14(18)20-15(19-12)10-6-8-11(9-7-10)16(2,3)4/h10-11H,5-9H2,1-4H3,(H2,18,19,20). The summed E-state index contributed by atoms with van der Waals surface area (Å²) in [4.78, 5) is 9.24. The molecule has 1 aromatic rings. The fraction of sp³-hybridized carbons (Fsp3) is 0.750. The highest BCUT2D eigenvalue weighted by atomic mass is 79.9. The monoisotopic (exact) mass is 339 g/mol. The van der Waals surface area contributed by atoms with Crippen molar-refractivity contribution in [2.45, 2.75) is 65.7 Å². The van der Waals surface area contributed by atoms with Crippen molar-refractivity contribution in [3.63, 3.8) is 0 Å². The number of halogens is 1. The Morgan fingerprint density at radius 1 is 1.15 bits per heavy atom. The lowest BCUT2D eigenvalue weighted by Gasteiger charge is -2.36. The van der Waals surface area contributed by atoms with Crippen molar-refractivity contribution in [2.75, 3.05) is 5.73 Å². The molecular weight excluding hydrogens is 314 g/mol. The normalized spacial score (nSPS) is 23.9. The summed E-state index contributed by atoms with van der Waals surface area (Å²) >= 11 is 3.48. The molecule has 1 aromatic heterocycles. The molecule has 1 fully saturated rings. The average molecular weight is 340 g/mol. The Morgan fingerprint density at radius 2 is 1.75 bits per heavy atom. The molecular formula is C16H26BrN3. The van der Waals surface area contributed by atoms with E-state index in [1.807, 2.05) is 0 Å². The fourth-order valence-electron chi connectivity index (χ4n) is 3.17. The molecule has 1 saturated carbocycles. The first kappa shape index (κ1) is 15.7. The van der Waals surface area contributed by atoms with Crippen molar-refractivity contribution in [1.29, 1.82) is 0 Å². The van der Waals surface area contributed by atoms with Crippen molar-refractivity contribution < 1.29 is 0 Å². The van der Waals surface area contributed by atoms with Gasteiger partial charge in [-0.2, -0.15) is 0 Å². The van der Waals surface area contributed by atoms with Gasteiger partial charge in [0.2, 0.25) is 0 Å². The summed E-state index contributed by atoms with van der Waals surface area (Å²) in [6.07, 6.45) is 5.81. The maximum atomic E-state index is 6.00. The number of hydrogen-bond acceptors (Lipinski definition) is 3. The van der Waals surface area contributed by atoms with E-state index >= 15 is 0 Å². The van der Waals surface area contributed by atoms with Gasteiger partial charge in [-0.1, -0.05) is 27.7 Å². The van der Waals surface area contributed by atoms with Crippen LogP contribution in [-0.4, -0.2) is 9.97 Å². The van der Waals surface area contributed by atoms with Crippen LogP contribution in [0.5, 0.6) is 0 Å². The van der Waals surface area contributed by atoms with Crippen LogP contribution in [0.2, 0.25) is 0 Å². The lowest BCUT2D eigenvalue weighted by molar-refractivity contribution is 0.167. The number of nitrogens with zero attached hydrogens (tertiary/aromatic N) is 2. The van der Waals surface area contributed by atoms with Crippen molar-refractivity contribution in [2.24, 2.45) is 11.3 Å². The molecule has 2 rings (SSSR count). The van der Waals surface area contributed by atoms with Gasteiger partial charge < -0.3 is 5.73 Å². The smallest absolute Gasteiger partial charge is 0.141 e. The Hall–Kier alpha value is -0.640. The van der Waals surface area contributed by atoms with E-state index in [-0.39, 0.29) is 0 Å². The van der Waals surface area contributed by atoms with Crippen LogP contribution in [0.3, 0.4) is 0 Å². The molecule has 0 atom stereocenters. The van der Waals surface area contributed by atoms with Gasteiger partial charge in [0.1, 0.15) is 11.6 Å². The SMILES string of the molecule is CCc1nc(C2CCC(C(C)(C)C)CC2)nc(N)c1Br. The predicted molar refractivity (Wildman–Crippen MR) is 87.7 cm³/mol. The molecule has 1 heterocycles. The molecule has 0 spiro atoms. The zero-order valence-corrected chi connectivity index (χ0v) is 14.6. The number of hydrogen-bond donors (Lipinski definition) is 1. The minimum atomic E-state index is 0.416. The highest BCUT2D eigenvalue weighted by Crippen LogP contribution is 2.42. The third-order valence-electron chi connectivity index (χ3n) is 4.61. The number of rotatable bonds is 2. The summed E-state index contributed by atoms with van der Waals surface area (Å²) in [5.74, 6) is 2.84.